The second-order valence-corrected chi connectivity index (χ2v) is 3.66. The van der Waals surface area contributed by atoms with E-state index < -0.39 is 12.6 Å². The third-order valence-electron chi connectivity index (χ3n) is 2.46. The van der Waals surface area contributed by atoms with Crippen LogP contribution in [0, 0.1) is 0 Å². The van der Waals surface area contributed by atoms with E-state index in [-0.39, 0.29) is 12.5 Å². The maximum absolute atomic E-state index is 12.5. The number of aromatic nitrogens is 2. The van der Waals surface area contributed by atoms with Crippen molar-refractivity contribution in [3.05, 3.63) is 11.8 Å². The van der Waals surface area contributed by atoms with Gasteiger partial charge in [0.15, 0.2) is 0 Å². The number of halogens is 3. The summed E-state index contributed by atoms with van der Waals surface area (Å²) in [7, 11) is 0. The molecule has 0 spiro atoms. The van der Waals surface area contributed by atoms with Crippen molar-refractivity contribution in [3.8, 4) is 0 Å². The van der Waals surface area contributed by atoms with Crippen molar-refractivity contribution in [2.24, 2.45) is 0 Å². The molecule has 1 fully saturated rings. The highest BCUT2D eigenvalue weighted by atomic mass is 19.4. The number of hydrogen-bond acceptors (Lipinski definition) is 1. The van der Waals surface area contributed by atoms with Gasteiger partial charge in [0.25, 0.3) is 0 Å². The molecule has 0 bridgehead atoms. The Morgan fingerprint density at radius 1 is 1.50 bits per heavy atom. The van der Waals surface area contributed by atoms with Crippen molar-refractivity contribution in [1.29, 1.82) is 0 Å². The highest BCUT2D eigenvalue weighted by Crippen LogP contribution is 2.38. The van der Waals surface area contributed by atoms with Gasteiger partial charge in [-0.15, -0.1) is 0 Å². The van der Waals surface area contributed by atoms with E-state index in [0.29, 0.717) is 5.69 Å². The van der Waals surface area contributed by atoms with Gasteiger partial charge in [-0.05, 0) is 31.4 Å². The monoisotopic (exact) mass is 203 g/mol. The Morgan fingerprint density at radius 2 is 2.14 bits per heavy atom. The van der Waals surface area contributed by atoms with Gasteiger partial charge in [0.1, 0.15) is 0 Å². The molecule has 2 nitrogen and oxygen atoms in total. The fourth-order valence-corrected chi connectivity index (χ4v) is 1.55. The van der Waals surface area contributed by atoms with E-state index in [1.165, 1.54) is 6.07 Å². The van der Waals surface area contributed by atoms with Crippen LogP contribution in [0.3, 0.4) is 0 Å². The van der Waals surface area contributed by atoms with Gasteiger partial charge in [0.2, 0.25) is 0 Å². The summed E-state index contributed by atoms with van der Waals surface area (Å²) in [4.78, 5) is 0. The van der Waals surface area contributed by atoms with Crippen LogP contribution in [0.25, 0.3) is 0 Å². The summed E-state index contributed by atoms with van der Waals surface area (Å²) in [6.45, 7) is -2.96. The molecule has 0 radical (unpaired) electrons. The second-order valence-electron chi connectivity index (χ2n) is 3.66. The van der Waals surface area contributed by atoms with Crippen LogP contribution in [-0.2, 0) is 6.54 Å². The van der Waals surface area contributed by atoms with Crippen LogP contribution in [0.5, 0.6) is 0 Å². The molecular formula is C8H11BF3N2-. The molecule has 0 aliphatic heterocycles. The molecule has 0 unspecified atom stereocenters. The Hall–Kier alpha value is -0.935. The van der Waals surface area contributed by atoms with Crippen LogP contribution in [0.2, 0.25) is 0 Å². The first-order valence-electron chi connectivity index (χ1n) is 4.80. The van der Waals surface area contributed by atoms with Crippen LogP contribution in [0.1, 0.15) is 31.4 Å². The Kier molecular flexibility index (Phi) is 2.08. The molecule has 1 heterocycles. The van der Waals surface area contributed by atoms with Crippen molar-refractivity contribution in [2.75, 3.05) is 0 Å². The molecule has 0 saturated heterocycles. The highest BCUT2D eigenvalue weighted by molar-refractivity contribution is 6.72. The van der Waals surface area contributed by atoms with Gasteiger partial charge in [-0.1, -0.05) is 0 Å². The van der Waals surface area contributed by atoms with E-state index in [1.807, 2.05) is 0 Å². The van der Waals surface area contributed by atoms with Gasteiger partial charge in [-0.2, -0.15) is 5.10 Å². The lowest BCUT2D eigenvalue weighted by molar-refractivity contribution is 0.489. The lowest BCUT2D eigenvalue weighted by Gasteiger charge is -2.15. The standard InChI is InChI=1S/C8H11BF3N2/c1-2-14-8(9(10,11)12)5-7(13-14)6-3-4-6/h5-6H,2-4H2,1H3/q-1. The third kappa shape index (κ3) is 1.65. The van der Waals surface area contributed by atoms with Crippen LogP contribution < -0.4 is 5.59 Å². The molecule has 1 saturated carbocycles. The molecule has 0 amide bonds. The first-order chi connectivity index (χ1) is 6.52. The first-order valence-corrected chi connectivity index (χ1v) is 4.80. The van der Waals surface area contributed by atoms with Crippen molar-refractivity contribution in [3.63, 3.8) is 0 Å². The molecule has 0 atom stereocenters. The van der Waals surface area contributed by atoms with Crippen LogP contribution in [0.4, 0.5) is 12.9 Å². The van der Waals surface area contributed by atoms with Gasteiger partial charge in [0.05, 0.1) is 5.69 Å². The minimum Gasteiger partial charge on any atom is -0.444 e. The van der Waals surface area contributed by atoms with E-state index >= 15 is 0 Å². The van der Waals surface area contributed by atoms with Gasteiger partial charge in [-0.3, -0.25) is 4.68 Å². The molecule has 2 rings (SSSR count). The maximum atomic E-state index is 12.5. The average Bonchev–Trinajstić information content (AvgIpc) is 2.83. The predicted octanol–water partition coefficient (Wildman–Crippen LogP) is 1.83. The van der Waals surface area contributed by atoms with Crippen molar-refractivity contribution < 1.29 is 12.9 Å². The largest absolute Gasteiger partial charge is 0.527 e. The first kappa shape index (κ1) is 9.61. The van der Waals surface area contributed by atoms with E-state index in [9.17, 15) is 12.9 Å². The molecule has 78 valence electrons. The maximum Gasteiger partial charge on any atom is 0.527 e. The minimum absolute atomic E-state index is 0.277. The van der Waals surface area contributed by atoms with E-state index in [4.69, 9.17) is 0 Å². The van der Waals surface area contributed by atoms with E-state index in [2.05, 4.69) is 5.10 Å². The van der Waals surface area contributed by atoms with Crippen molar-refractivity contribution >= 4 is 12.6 Å². The second kappa shape index (κ2) is 3.03. The van der Waals surface area contributed by atoms with Crippen molar-refractivity contribution in [2.45, 2.75) is 32.2 Å². The summed E-state index contributed by atoms with van der Waals surface area (Å²) in [6, 6.07) is 1.21. The molecule has 6 heteroatoms. The third-order valence-corrected chi connectivity index (χ3v) is 2.46. The predicted molar refractivity (Wildman–Crippen MR) is 48.6 cm³/mol. The number of nitrogens with zero attached hydrogens (tertiary/aromatic N) is 2. The lowest BCUT2D eigenvalue weighted by atomic mass is 9.85. The van der Waals surface area contributed by atoms with E-state index in [1.54, 1.807) is 6.92 Å². The highest BCUT2D eigenvalue weighted by Gasteiger charge is 2.33. The summed E-state index contributed by atoms with van der Waals surface area (Å²) < 4.78 is 38.7. The van der Waals surface area contributed by atoms with Gasteiger partial charge < -0.3 is 12.9 Å². The zero-order valence-electron chi connectivity index (χ0n) is 7.88. The quantitative estimate of drug-likeness (QED) is 0.685. The number of hydrogen-bond donors (Lipinski definition) is 0. The average molecular weight is 203 g/mol. The molecule has 0 aromatic carbocycles. The summed E-state index contributed by atoms with van der Waals surface area (Å²) in [6.07, 6.45) is 1.95. The molecule has 1 aliphatic carbocycles. The fraction of sp³-hybridized carbons (Fsp3) is 0.625. The summed E-state index contributed by atoms with van der Waals surface area (Å²) in [5, 5.41) is 3.97. The van der Waals surface area contributed by atoms with Crippen LogP contribution >= 0.6 is 0 Å². The lowest BCUT2D eigenvalue weighted by Crippen LogP contribution is -2.40. The minimum atomic E-state index is -4.92. The number of aryl methyl sites for hydroxylation is 1. The Bertz CT molecular complexity index is 341. The van der Waals surface area contributed by atoms with Crippen molar-refractivity contribution in [1.82, 2.24) is 9.78 Å². The van der Waals surface area contributed by atoms with Crippen LogP contribution in [-0.4, -0.2) is 16.8 Å². The summed E-state index contributed by atoms with van der Waals surface area (Å²) >= 11 is 0. The summed E-state index contributed by atoms with van der Waals surface area (Å²) in [5.74, 6) is 0.277. The zero-order chi connectivity index (χ0) is 10.3. The molecule has 0 N–H and O–H groups in total. The fourth-order valence-electron chi connectivity index (χ4n) is 1.55. The van der Waals surface area contributed by atoms with Gasteiger partial charge in [0, 0.05) is 12.5 Å². The topological polar surface area (TPSA) is 17.8 Å². The zero-order valence-corrected chi connectivity index (χ0v) is 7.88. The Morgan fingerprint density at radius 3 is 2.50 bits per heavy atom. The van der Waals surface area contributed by atoms with Gasteiger partial charge >= 0.3 is 6.98 Å². The van der Waals surface area contributed by atoms with Gasteiger partial charge in [-0.25, -0.2) is 0 Å². The Balaban J connectivity index is 2.37. The summed E-state index contributed by atoms with van der Waals surface area (Å²) in [5.41, 5.74) is 0.0513. The molecular weight excluding hydrogens is 192 g/mol. The smallest absolute Gasteiger partial charge is 0.444 e. The molecule has 1 aliphatic rings. The van der Waals surface area contributed by atoms with Crippen LogP contribution in [0.15, 0.2) is 6.07 Å². The molecule has 14 heavy (non-hydrogen) atoms. The number of rotatable bonds is 3. The normalized spacial score (nSPS) is 17.4. The SMILES string of the molecule is CCn1nc(C2CC2)cc1[B-](F)(F)F. The molecule has 1 aromatic rings. The Labute approximate surface area is 80.2 Å². The van der Waals surface area contributed by atoms with E-state index in [0.717, 1.165) is 17.5 Å². The molecule has 1 aromatic heterocycles.